The maximum absolute atomic E-state index is 5.71. The summed E-state index contributed by atoms with van der Waals surface area (Å²) in [6.45, 7) is 6.31. The molecule has 0 aromatic carbocycles. The van der Waals surface area contributed by atoms with Gasteiger partial charge in [0.05, 0.1) is 11.9 Å². The lowest BCUT2D eigenvalue weighted by Crippen LogP contribution is -2.25. The van der Waals surface area contributed by atoms with Crippen molar-refractivity contribution in [1.29, 1.82) is 0 Å². The van der Waals surface area contributed by atoms with Crippen LogP contribution in [0.15, 0.2) is 18.3 Å². The van der Waals surface area contributed by atoms with Gasteiger partial charge in [0.2, 0.25) is 0 Å². The fourth-order valence-corrected chi connectivity index (χ4v) is 2.18. The van der Waals surface area contributed by atoms with Crippen LogP contribution in [0, 0.1) is 0 Å². The van der Waals surface area contributed by atoms with Crippen LogP contribution in [-0.4, -0.2) is 43.2 Å². The highest BCUT2D eigenvalue weighted by atomic mass is 16.5. The molecule has 0 spiro atoms. The second-order valence-electron chi connectivity index (χ2n) is 4.83. The summed E-state index contributed by atoms with van der Waals surface area (Å²) < 4.78 is 5.71. The fourth-order valence-electron chi connectivity index (χ4n) is 2.18. The van der Waals surface area contributed by atoms with E-state index >= 15 is 0 Å². The third kappa shape index (κ3) is 3.68. The van der Waals surface area contributed by atoms with Gasteiger partial charge < -0.3 is 10.1 Å². The number of ether oxygens (including phenoxy) is 1. The zero-order chi connectivity index (χ0) is 12.8. The highest BCUT2D eigenvalue weighted by Gasteiger charge is 2.10. The molecule has 2 rings (SSSR count). The molecular weight excluding hydrogens is 226 g/mol. The molecular formula is C14H23N3O. The van der Waals surface area contributed by atoms with E-state index in [-0.39, 0.29) is 6.04 Å². The first kappa shape index (κ1) is 13.3. The second kappa shape index (κ2) is 6.71. The monoisotopic (exact) mass is 249 g/mol. The Bertz CT molecular complexity index is 347. The van der Waals surface area contributed by atoms with Crippen molar-refractivity contribution in [2.75, 3.05) is 33.3 Å². The summed E-state index contributed by atoms with van der Waals surface area (Å²) in [6, 6.07) is 4.30. The van der Waals surface area contributed by atoms with Crippen molar-refractivity contribution in [1.82, 2.24) is 15.2 Å². The van der Waals surface area contributed by atoms with Crippen molar-refractivity contribution >= 4 is 0 Å². The Labute approximate surface area is 109 Å². The molecule has 100 valence electrons. The Kier molecular flexibility index (Phi) is 4.96. The van der Waals surface area contributed by atoms with Gasteiger partial charge in [0.15, 0.2) is 0 Å². The number of nitrogens with one attached hydrogen (secondary N) is 1. The Hall–Kier alpha value is -1.13. The molecule has 1 aliphatic rings. The smallest absolute Gasteiger partial charge is 0.137 e. The molecule has 1 N–H and O–H groups in total. The number of pyridine rings is 1. The van der Waals surface area contributed by atoms with E-state index in [4.69, 9.17) is 4.74 Å². The van der Waals surface area contributed by atoms with E-state index < -0.39 is 0 Å². The SMILES string of the molecule is CNC(C)c1ccc(OCCN2CCCC2)cn1. The van der Waals surface area contributed by atoms with Crippen LogP contribution < -0.4 is 10.1 Å². The number of likely N-dealkylation sites (tertiary alicyclic amines) is 1. The lowest BCUT2D eigenvalue weighted by Gasteiger charge is -2.15. The van der Waals surface area contributed by atoms with Gasteiger partial charge >= 0.3 is 0 Å². The zero-order valence-corrected chi connectivity index (χ0v) is 11.4. The third-order valence-electron chi connectivity index (χ3n) is 3.51. The van der Waals surface area contributed by atoms with Crippen molar-refractivity contribution in [3.8, 4) is 5.75 Å². The largest absolute Gasteiger partial charge is 0.491 e. The molecule has 0 amide bonds. The molecule has 4 heteroatoms. The summed E-state index contributed by atoms with van der Waals surface area (Å²) >= 11 is 0. The standard InChI is InChI=1S/C14H23N3O/c1-12(15-2)14-6-5-13(11-16-14)18-10-9-17-7-3-4-8-17/h5-6,11-12,15H,3-4,7-10H2,1-2H3. The average molecular weight is 249 g/mol. The van der Waals surface area contributed by atoms with E-state index in [1.54, 1.807) is 0 Å². The van der Waals surface area contributed by atoms with Gasteiger partial charge in [-0.3, -0.25) is 9.88 Å². The lowest BCUT2D eigenvalue weighted by atomic mass is 10.2. The van der Waals surface area contributed by atoms with Gasteiger partial charge in [0.25, 0.3) is 0 Å². The summed E-state index contributed by atoms with van der Waals surface area (Å²) in [6.07, 6.45) is 4.48. The van der Waals surface area contributed by atoms with Crippen molar-refractivity contribution in [2.24, 2.45) is 0 Å². The first-order valence-electron chi connectivity index (χ1n) is 6.78. The van der Waals surface area contributed by atoms with E-state index in [0.717, 1.165) is 24.6 Å². The maximum Gasteiger partial charge on any atom is 0.137 e. The highest BCUT2D eigenvalue weighted by molar-refractivity contribution is 5.21. The predicted molar refractivity (Wildman–Crippen MR) is 72.9 cm³/mol. The van der Waals surface area contributed by atoms with E-state index in [2.05, 4.69) is 22.1 Å². The highest BCUT2D eigenvalue weighted by Crippen LogP contribution is 2.14. The zero-order valence-electron chi connectivity index (χ0n) is 11.4. The topological polar surface area (TPSA) is 37.4 Å². The summed E-state index contributed by atoms with van der Waals surface area (Å²) in [5, 5.41) is 3.17. The van der Waals surface area contributed by atoms with Crippen molar-refractivity contribution < 1.29 is 4.74 Å². The number of nitrogens with zero attached hydrogens (tertiary/aromatic N) is 2. The predicted octanol–water partition coefficient (Wildman–Crippen LogP) is 1.84. The summed E-state index contributed by atoms with van der Waals surface area (Å²) in [5.41, 5.74) is 1.05. The summed E-state index contributed by atoms with van der Waals surface area (Å²) in [5.74, 6) is 0.862. The Morgan fingerprint density at radius 3 is 2.78 bits per heavy atom. The molecule has 1 unspecified atom stereocenters. The first-order chi connectivity index (χ1) is 8.79. The van der Waals surface area contributed by atoms with E-state index in [1.165, 1.54) is 25.9 Å². The van der Waals surface area contributed by atoms with Crippen LogP contribution in [0.1, 0.15) is 31.5 Å². The lowest BCUT2D eigenvalue weighted by molar-refractivity contribution is 0.237. The van der Waals surface area contributed by atoms with Crippen molar-refractivity contribution in [3.63, 3.8) is 0 Å². The molecule has 1 aromatic rings. The van der Waals surface area contributed by atoms with Gasteiger partial charge in [-0.15, -0.1) is 0 Å². The van der Waals surface area contributed by atoms with Gasteiger partial charge in [0, 0.05) is 12.6 Å². The van der Waals surface area contributed by atoms with Gasteiger partial charge in [-0.25, -0.2) is 0 Å². The molecule has 2 heterocycles. The molecule has 0 radical (unpaired) electrons. The molecule has 1 saturated heterocycles. The van der Waals surface area contributed by atoms with Crippen molar-refractivity contribution in [2.45, 2.75) is 25.8 Å². The van der Waals surface area contributed by atoms with Crippen LogP contribution in [0.25, 0.3) is 0 Å². The van der Waals surface area contributed by atoms with Crippen LogP contribution in [0.3, 0.4) is 0 Å². The molecule has 1 aromatic heterocycles. The van der Waals surface area contributed by atoms with Crippen molar-refractivity contribution in [3.05, 3.63) is 24.0 Å². The molecule has 4 nitrogen and oxygen atoms in total. The maximum atomic E-state index is 5.71. The van der Waals surface area contributed by atoms with Crippen LogP contribution in [0.4, 0.5) is 0 Å². The molecule has 1 fully saturated rings. The van der Waals surface area contributed by atoms with Gasteiger partial charge in [-0.05, 0) is 52.0 Å². The van der Waals surface area contributed by atoms with Gasteiger partial charge in [-0.1, -0.05) is 0 Å². The minimum absolute atomic E-state index is 0.281. The first-order valence-corrected chi connectivity index (χ1v) is 6.78. The minimum atomic E-state index is 0.281. The number of hydrogen-bond acceptors (Lipinski definition) is 4. The van der Waals surface area contributed by atoms with E-state index in [9.17, 15) is 0 Å². The molecule has 0 bridgehead atoms. The van der Waals surface area contributed by atoms with Crippen LogP contribution >= 0.6 is 0 Å². The van der Waals surface area contributed by atoms with E-state index in [1.807, 2.05) is 25.4 Å². The molecule has 0 aliphatic carbocycles. The van der Waals surface area contributed by atoms with Crippen LogP contribution in [-0.2, 0) is 0 Å². The Morgan fingerprint density at radius 1 is 1.39 bits per heavy atom. The number of rotatable bonds is 6. The molecule has 1 atom stereocenters. The van der Waals surface area contributed by atoms with Gasteiger partial charge in [0.1, 0.15) is 12.4 Å². The molecule has 1 aliphatic heterocycles. The molecule has 18 heavy (non-hydrogen) atoms. The molecule has 0 saturated carbocycles. The summed E-state index contributed by atoms with van der Waals surface area (Å²) in [7, 11) is 1.94. The number of aromatic nitrogens is 1. The quantitative estimate of drug-likeness (QED) is 0.834. The Morgan fingerprint density at radius 2 is 2.17 bits per heavy atom. The second-order valence-corrected chi connectivity index (χ2v) is 4.83. The minimum Gasteiger partial charge on any atom is -0.491 e. The third-order valence-corrected chi connectivity index (χ3v) is 3.51. The summed E-state index contributed by atoms with van der Waals surface area (Å²) in [4.78, 5) is 6.85. The fraction of sp³-hybridized carbons (Fsp3) is 0.643. The normalized spacial score (nSPS) is 17.9. The Balaban J connectivity index is 1.75. The van der Waals surface area contributed by atoms with Crippen LogP contribution in [0.5, 0.6) is 5.75 Å². The van der Waals surface area contributed by atoms with Crippen LogP contribution in [0.2, 0.25) is 0 Å². The van der Waals surface area contributed by atoms with E-state index in [0.29, 0.717) is 0 Å². The number of hydrogen-bond donors (Lipinski definition) is 1. The van der Waals surface area contributed by atoms with Gasteiger partial charge in [-0.2, -0.15) is 0 Å². The average Bonchev–Trinajstić information content (AvgIpc) is 2.92.